The minimum atomic E-state index is -0.0107. The van der Waals surface area contributed by atoms with Crippen molar-refractivity contribution in [1.29, 1.82) is 5.26 Å². The van der Waals surface area contributed by atoms with Crippen LogP contribution in [0.25, 0.3) is 0 Å². The fourth-order valence-electron chi connectivity index (χ4n) is 1.67. The second-order valence-electron chi connectivity index (χ2n) is 4.56. The third-order valence-corrected chi connectivity index (χ3v) is 4.43. The lowest BCUT2D eigenvalue weighted by molar-refractivity contribution is -0.118. The Morgan fingerprint density at radius 1 is 1.58 bits per heavy atom. The van der Waals surface area contributed by atoms with Gasteiger partial charge >= 0.3 is 0 Å². The standard InChI is InChI=1S/C13H14ClN3OS/c1-7-10(5-15)13(16-8(2)12(7)14)19-6-11(18)17-9-3-4-9/h9H,3-4,6H2,1-2H3,(H,17,18). The van der Waals surface area contributed by atoms with Crippen molar-refractivity contribution in [3.8, 4) is 6.07 Å². The summed E-state index contributed by atoms with van der Waals surface area (Å²) < 4.78 is 0. The Kier molecular flexibility index (Phi) is 4.33. The first-order valence-corrected chi connectivity index (χ1v) is 7.38. The number of aryl methyl sites for hydroxylation is 1. The van der Waals surface area contributed by atoms with Gasteiger partial charge in [-0.3, -0.25) is 4.79 Å². The van der Waals surface area contributed by atoms with E-state index >= 15 is 0 Å². The second-order valence-corrected chi connectivity index (χ2v) is 5.90. The van der Waals surface area contributed by atoms with Crippen LogP contribution in [-0.2, 0) is 4.79 Å². The Balaban J connectivity index is 2.11. The fourth-order valence-corrected chi connectivity index (χ4v) is 2.70. The summed E-state index contributed by atoms with van der Waals surface area (Å²) in [5, 5.41) is 13.2. The van der Waals surface area contributed by atoms with Crippen LogP contribution in [0.1, 0.15) is 29.7 Å². The lowest BCUT2D eigenvalue weighted by atomic mass is 10.1. The molecule has 1 heterocycles. The molecule has 0 unspecified atom stereocenters. The van der Waals surface area contributed by atoms with Gasteiger partial charge in [-0.1, -0.05) is 23.4 Å². The van der Waals surface area contributed by atoms with Crippen LogP contribution >= 0.6 is 23.4 Å². The molecule has 1 N–H and O–H groups in total. The minimum absolute atomic E-state index is 0.0107. The lowest BCUT2D eigenvalue weighted by Gasteiger charge is -2.09. The normalized spacial score (nSPS) is 14.0. The molecule has 1 amide bonds. The molecule has 0 radical (unpaired) electrons. The van der Waals surface area contributed by atoms with Gasteiger partial charge in [0.05, 0.1) is 22.0 Å². The number of nitrogens with one attached hydrogen (secondary N) is 1. The van der Waals surface area contributed by atoms with Crippen molar-refractivity contribution in [3.63, 3.8) is 0 Å². The van der Waals surface area contributed by atoms with E-state index < -0.39 is 0 Å². The number of carbonyl (C=O) groups is 1. The van der Waals surface area contributed by atoms with E-state index in [1.165, 1.54) is 11.8 Å². The Labute approximate surface area is 121 Å². The van der Waals surface area contributed by atoms with Crippen LogP contribution in [0.5, 0.6) is 0 Å². The monoisotopic (exact) mass is 295 g/mol. The van der Waals surface area contributed by atoms with Crippen molar-refractivity contribution in [3.05, 3.63) is 21.8 Å². The lowest BCUT2D eigenvalue weighted by Crippen LogP contribution is -2.27. The molecule has 1 fully saturated rings. The first-order chi connectivity index (χ1) is 9.02. The molecule has 0 saturated heterocycles. The topological polar surface area (TPSA) is 65.8 Å². The molecule has 19 heavy (non-hydrogen) atoms. The molecule has 6 heteroatoms. The van der Waals surface area contributed by atoms with E-state index in [4.69, 9.17) is 11.6 Å². The highest BCUT2D eigenvalue weighted by molar-refractivity contribution is 8.00. The SMILES string of the molecule is Cc1nc(SCC(=O)NC2CC2)c(C#N)c(C)c1Cl. The van der Waals surface area contributed by atoms with Crippen molar-refractivity contribution in [2.24, 2.45) is 0 Å². The summed E-state index contributed by atoms with van der Waals surface area (Å²) in [5.74, 6) is 0.266. The van der Waals surface area contributed by atoms with Gasteiger partial charge < -0.3 is 5.32 Å². The summed E-state index contributed by atoms with van der Waals surface area (Å²) in [7, 11) is 0. The minimum Gasteiger partial charge on any atom is -0.353 e. The van der Waals surface area contributed by atoms with E-state index in [1.54, 1.807) is 13.8 Å². The molecule has 4 nitrogen and oxygen atoms in total. The average molecular weight is 296 g/mol. The van der Waals surface area contributed by atoms with Crippen molar-refractivity contribution in [2.45, 2.75) is 37.8 Å². The molecule has 0 aliphatic heterocycles. The molecule has 1 aromatic heterocycles. The molecule has 0 bridgehead atoms. The van der Waals surface area contributed by atoms with Crippen LogP contribution in [0.15, 0.2) is 5.03 Å². The number of hydrogen-bond acceptors (Lipinski definition) is 4. The maximum atomic E-state index is 11.6. The fraction of sp³-hybridized carbons (Fsp3) is 0.462. The van der Waals surface area contributed by atoms with Gasteiger partial charge in [0.2, 0.25) is 5.91 Å². The Hall–Kier alpha value is -1.25. The van der Waals surface area contributed by atoms with Crippen LogP contribution in [-0.4, -0.2) is 22.7 Å². The summed E-state index contributed by atoms with van der Waals surface area (Å²) in [5.41, 5.74) is 1.87. The molecule has 100 valence electrons. The van der Waals surface area contributed by atoms with E-state index in [2.05, 4.69) is 16.4 Å². The van der Waals surface area contributed by atoms with Crippen molar-refractivity contribution >= 4 is 29.3 Å². The molecular formula is C13H14ClN3OS. The zero-order chi connectivity index (χ0) is 14.0. The van der Waals surface area contributed by atoms with Crippen LogP contribution in [0.4, 0.5) is 0 Å². The van der Waals surface area contributed by atoms with E-state index in [9.17, 15) is 10.1 Å². The molecule has 1 aliphatic carbocycles. The third kappa shape index (κ3) is 3.40. The molecular weight excluding hydrogens is 282 g/mol. The predicted molar refractivity (Wildman–Crippen MR) is 75.3 cm³/mol. The Morgan fingerprint density at radius 2 is 2.26 bits per heavy atom. The van der Waals surface area contributed by atoms with Gasteiger partial charge in [-0.15, -0.1) is 0 Å². The largest absolute Gasteiger partial charge is 0.353 e. The number of aromatic nitrogens is 1. The van der Waals surface area contributed by atoms with Crippen molar-refractivity contribution in [1.82, 2.24) is 10.3 Å². The van der Waals surface area contributed by atoms with E-state index in [0.717, 1.165) is 18.4 Å². The number of pyridine rings is 1. The van der Waals surface area contributed by atoms with Crippen LogP contribution in [0.3, 0.4) is 0 Å². The third-order valence-electron chi connectivity index (χ3n) is 2.90. The molecule has 2 rings (SSSR count). The number of carbonyl (C=O) groups excluding carboxylic acids is 1. The summed E-state index contributed by atoms with van der Waals surface area (Å²) in [6.07, 6.45) is 2.13. The first kappa shape index (κ1) is 14.2. The zero-order valence-electron chi connectivity index (χ0n) is 10.8. The van der Waals surface area contributed by atoms with Crippen molar-refractivity contribution < 1.29 is 4.79 Å². The van der Waals surface area contributed by atoms with E-state index in [-0.39, 0.29) is 11.7 Å². The highest BCUT2D eigenvalue weighted by atomic mass is 35.5. The van der Waals surface area contributed by atoms with Crippen LogP contribution < -0.4 is 5.32 Å². The summed E-state index contributed by atoms with van der Waals surface area (Å²) in [6, 6.07) is 2.46. The zero-order valence-corrected chi connectivity index (χ0v) is 12.4. The van der Waals surface area contributed by atoms with Crippen LogP contribution in [0.2, 0.25) is 5.02 Å². The average Bonchev–Trinajstić information content (AvgIpc) is 3.17. The summed E-state index contributed by atoms with van der Waals surface area (Å²) >= 11 is 7.35. The molecule has 1 saturated carbocycles. The number of rotatable bonds is 4. The Bertz CT molecular complexity index is 564. The number of halogens is 1. The van der Waals surface area contributed by atoms with Crippen LogP contribution in [0, 0.1) is 25.2 Å². The van der Waals surface area contributed by atoms with E-state index in [0.29, 0.717) is 27.3 Å². The molecule has 0 aromatic carbocycles. The van der Waals surface area contributed by atoms with Gasteiger partial charge in [0.1, 0.15) is 11.1 Å². The molecule has 1 aliphatic rings. The maximum Gasteiger partial charge on any atom is 0.230 e. The number of nitriles is 1. The summed E-state index contributed by atoms with van der Waals surface area (Å²) in [4.78, 5) is 15.9. The molecule has 1 aromatic rings. The summed E-state index contributed by atoms with van der Waals surface area (Å²) in [6.45, 7) is 3.59. The first-order valence-electron chi connectivity index (χ1n) is 6.02. The highest BCUT2D eigenvalue weighted by Crippen LogP contribution is 2.29. The van der Waals surface area contributed by atoms with Gasteiger partial charge in [-0.2, -0.15) is 5.26 Å². The maximum absolute atomic E-state index is 11.6. The number of thioether (sulfide) groups is 1. The smallest absolute Gasteiger partial charge is 0.230 e. The number of hydrogen-bond donors (Lipinski definition) is 1. The second kappa shape index (κ2) is 5.81. The van der Waals surface area contributed by atoms with Crippen molar-refractivity contribution in [2.75, 3.05) is 5.75 Å². The molecule has 0 atom stereocenters. The quantitative estimate of drug-likeness (QED) is 0.867. The number of nitrogens with zero attached hydrogens (tertiary/aromatic N) is 2. The highest BCUT2D eigenvalue weighted by Gasteiger charge is 2.23. The Morgan fingerprint density at radius 3 is 2.84 bits per heavy atom. The van der Waals surface area contributed by atoms with Gasteiger partial charge in [0, 0.05) is 6.04 Å². The van der Waals surface area contributed by atoms with E-state index in [1.807, 2.05) is 0 Å². The molecule has 0 spiro atoms. The van der Waals surface area contributed by atoms with Gasteiger partial charge in [0.25, 0.3) is 0 Å². The number of amides is 1. The van der Waals surface area contributed by atoms with Gasteiger partial charge in [0.15, 0.2) is 0 Å². The predicted octanol–water partition coefficient (Wildman–Crippen LogP) is 2.59. The van der Waals surface area contributed by atoms with Gasteiger partial charge in [-0.25, -0.2) is 4.98 Å². The van der Waals surface area contributed by atoms with Gasteiger partial charge in [-0.05, 0) is 32.3 Å².